The van der Waals surface area contributed by atoms with E-state index in [1.165, 1.54) is 7.11 Å². The fourth-order valence-electron chi connectivity index (χ4n) is 2.14. The fourth-order valence-corrected chi connectivity index (χ4v) is 2.14. The van der Waals surface area contributed by atoms with E-state index in [4.69, 9.17) is 10.5 Å². The topological polar surface area (TPSA) is 69.4 Å². The molecule has 0 heterocycles. The lowest BCUT2D eigenvalue weighted by Gasteiger charge is -2.32. The number of carbonyl (C=O) groups is 2. The predicted molar refractivity (Wildman–Crippen MR) is 51.6 cm³/mol. The van der Waals surface area contributed by atoms with Gasteiger partial charge in [-0.2, -0.15) is 0 Å². The summed E-state index contributed by atoms with van der Waals surface area (Å²) in [5.74, 6) is -0.586. The number of ketones is 1. The van der Waals surface area contributed by atoms with Crippen molar-refractivity contribution in [1.82, 2.24) is 0 Å². The second-order valence-electron chi connectivity index (χ2n) is 3.76. The number of hydrogen-bond acceptors (Lipinski definition) is 4. The van der Waals surface area contributed by atoms with Crippen LogP contribution in [0.15, 0.2) is 0 Å². The summed E-state index contributed by atoms with van der Waals surface area (Å²) in [7, 11) is 1.32. The molecule has 0 aromatic carbocycles. The first-order valence-electron chi connectivity index (χ1n) is 4.99. The number of carbonyl (C=O) groups excluding carboxylic acids is 2. The van der Waals surface area contributed by atoms with Crippen LogP contribution in [0, 0.1) is 5.41 Å². The smallest absolute Gasteiger partial charge is 0.319 e. The van der Waals surface area contributed by atoms with Gasteiger partial charge in [0.15, 0.2) is 5.78 Å². The van der Waals surface area contributed by atoms with Crippen molar-refractivity contribution in [2.75, 3.05) is 13.7 Å². The van der Waals surface area contributed by atoms with Crippen molar-refractivity contribution in [3.8, 4) is 0 Å². The van der Waals surface area contributed by atoms with Gasteiger partial charge >= 0.3 is 5.97 Å². The summed E-state index contributed by atoms with van der Waals surface area (Å²) in [6.45, 7) is -0.0743. The molecular formula is C10H17NO3. The molecule has 0 bridgehead atoms. The van der Waals surface area contributed by atoms with Gasteiger partial charge in [0.2, 0.25) is 0 Å². The zero-order valence-corrected chi connectivity index (χ0v) is 8.54. The molecule has 0 aromatic heterocycles. The molecule has 1 rings (SSSR count). The van der Waals surface area contributed by atoms with Crippen molar-refractivity contribution in [1.29, 1.82) is 0 Å². The number of nitrogens with two attached hydrogens (primary N) is 1. The summed E-state index contributed by atoms with van der Waals surface area (Å²) < 4.78 is 4.70. The Hall–Kier alpha value is -0.900. The molecule has 0 amide bonds. The van der Waals surface area contributed by atoms with Crippen molar-refractivity contribution in [2.24, 2.45) is 11.1 Å². The van der Waals surface area contributed by atoms with E-state index in [9.17, 15) is 9.59 Å². The SMILES string of the molecule is COC(=O)C1(C(=O)CN)CCCCC1. The van der Waals surface area contributed by atoms with Gasteiger partial charge in [0.1, 0.15) is 5.41 Å². The lowest BCUT2D eigenvalue weighted by Crippen LogP contribution is -2.44. The Morgan fingerprint density at radius 2 is 1.86 bits per heavy atom. The van der Waals surface area contributed by atoms with Crippen LogP contribution in [0.3, 0.4) is 0 Å². The highest BCUT2D eigenvalue weighted by Gasteiger charge is 2.46. The van der Waals surface area contributed by atoms with Crippen molar-refractivity contribution in [2.45, 2.75) is 32.1 Å². The van der Waals surface area contributed by atoms with E-state index in [1.54, 1.807) is 0 Å². The largest absolute Gasteiger partial charge is 0.468 e. The van der Waals surface area contributed by atoms with Gasteiger partial charge in [-0.1, -0.05) is 19.3 Å². The average Bonchev–Trinajstić information content (AvgIpc) is 2.27. The van der Waals surface area contributed by atoms with Gasteiger partial charge in [-0.25, -0.2) is 0 Å². The summed E-state index contributed by atoms with van der Waals surface area (Å²) in [4.78, 5) is 23.3. The second kappa shape index (κ2) is 4.55. The second-order valence-corrected chi connectivity index (χ2v) is 3.76. The van der Waals surface area contributed by atoms with Crippen LogP contribution in [-0.2, 0) is 14.3 Å². The van der Waals surface area contributed by atoms with Gasteiger partial charge in [-0.05, 0) is 12.8 Å². The molecule has 0 saturated heterocycles. The van der Waals surface area contributed by atoms with E-state index in [0.717, 1.165) is 19.3 Å². The summed E-state index contributed by atoms with van der Waals surface area (Å²) >= 11 is 0. The molecule has 0 atom stereocenters. The normalized spacial score (nSPS) is 20.1. The Bertz CT molecular complexity index is 214. The maximum absolute atomic E-state index is 11.7. The minimum absolute atomic E-state index is 0.0743. The van der Waals surface area contributed by atoms with E-state index < -0.39 is 11.4 Å². The Balaban J connectivity index is 2.87. The molecule has 0 spiro atoms. The quantitative estimate of drug-likeness (QED) is 0.535. The van der Waals surface area contributed by atoms with Crippen molar-refractivity contribution >= 4 is 11.8 Å². The van der Waals surface area contributed by atoms with Crippen LogP contribution in [0.25, 0.3) is 0 Å². The van der Waals surface area contributed by atoms with Gasteiger partial charge in [-0.15, -0.1) is 0 Å². The third-order valence-electron chi connectivity index (χ3n) is 3.00. The lowest BCUT2D eigenvalue weighted by atomic mass is 9.71. The summed E-state index contributed by atoms with van der Waals surface area (Å²) in [5, 5.41) is 0. The van der Waals surface area contributed by atoms with Crippen LogP contribution in [0.2, 0.25) is 0 Å². The van der Waals surface area contributed by atoms with E-state index in [1.807, 2.05) is 0 Å². The first-order chi connectivity index (χ1) is 6.67. The lowest BCUT2D eigenvalue weighted by molar-refractivity contribution is -0.160. The van der Waals surface area contributed by atoms with Crippen molar-refractivity contribution in [3.63, 3.8) is 0 Å². The van der Waals surface area contributed by atoms with Gasteiger partial charge in [0, 0.05) is 0 Å². The number of ether oxygens (including phenoxy) is 1. The fraction of sp³-hybridized carbons (Fsp3) is 0.800. The highest BCUT2D eigenvalue weighted by Crippen LogP contribution is 2.38. The summed E-state index contributed by atoms with van der Waals surface area (Å²) in [6.07, 6.45) is 4.07. The minimum atomic E-state index is -0.929. The molecule has 1 fully saturated rings. The molecule has 0 unspecified atom stereocenters. The van der Waals surface area contributed by atoms with Crippen molar-refractivity contribution in [3.05, 3.63) is 0 Å². The maximum atomic E-state index is 11.7. The summed E-state index contributed by atoms with van der Waals surface area (Å²) in [5.41, 5.74) is 4.39. The first kappa shape index (κ1) is 11.2. The minimum Gasteiger partial charge on any atom is -0.468 e. The molecule has 0 aromatic rings. The van der Waals surface area contributed by atoms with E-state index >= 15 is 0 Å². The van der Waals surface area contributed by atoms with E-state index in [-0.39, 0.29) is 12.3 Å². The average molecular weight is 199 g/mol. The van der Waals surface area contributed by atoms with Gasteiger partial charge in [0.05, 0.1) is 13.7 Å². The molecule has 80 valence electrons. The zero-order chi connectivity index (χ0) is 10.6. The zero-order valence-electron chi connectivity index (χ0n) is 8.54. The maximum Gasteiger partial charge on any atom is 0.319 e. The van der Waals surface area contributed by atoms with E-state index in [0.29, 0.717) is 12.8 Å². The Kier molecular flexibility index (Phi) is 3.63. The first-order valence-corrected chi connectivity index (χ1v) is 4.99. The highest BCUT2D eigenvalue weighted by atomic mass is 16.5. The third-order valence-corrected chi connectivity index (χ3v) is 3.00. The number of methoxy groups -OCH3 is 1. The van der Waals surface area contributed by atoms with Crippen LogP contribution in [0.5, 0.6) is 0 Å². The van der Waals surface area contributed by atoms with Crippen LogP contribution >= 0.6 is 0 Å². The van der Waals surface area contributed by atoms with E-state index in [2.05, 4.69) is 0 Å². The van der Waals surface area contributed by atoms with Crippen LogP contribution in [0.4, 0.5) is 0 Å². The standard InChI is InChI=1S/C10H17NO3/c1-14-9(13)10(8(12)7-11)5-3-2-4-6-10/h2-7,11H2,1H3. The van der Waals surface area contributed by atoms with Crippen LogP contribution in [0.1, 0.15) is 32.1 Å². The molecule has 1 aliphatic rings. The van der Waals surface area contributed by atoms with Crippen molar-refractivity contribution < 1.29 is 14.3 Å². The third kappa shape index (κ3) is 1.80. The predicted octanol–water partition coefficient (Wildman–Crippen LogP) is 0.638. The molecule has 4 nitrogen and oxygen atoms in total. The van der Waals surface area contributed by atoms with Crippen LogP contribution in [-0.4, -0.2) is 25.4 Å². The van der Waals surface area contributed by atoms with Gasteiger partial charge in [0.25, 0.3) is 0 Å². The molecule has 1 saturated carbocycles. The molecule has 0 aliphatic heterocycles. The number of Topliss-reactive ketones (excluding diaryl/α,β-unsaturated/α-hetero) is 1. The number of hydrogen-bond donors (Lipinski definition) is 1. The van der Waals surface area contributed by atoms with Gasteiger partial charge < -0.3 is 10.5 Å². The Labute approximate surface area is 83.8 Å². The molecule has 0 radical (unpaired) electrons. The summed E-state index contributed by atoms with van der Waals surface area (Å²) in [6, 6.07) is 0. The molecular weight excluding hydrogens is 182 g/mol. The van der Waals surface area contributed by atoms with Crippen LogP contribution < -0.4 is 5.73 Å². The van der Waals surface area contributed by atoms with Gasteiger partial charge in [-0.3, -0.25) is 9.59 Å². The molecule has 14 heavy (non-hydrogen) atoms. The Morgan fingerprint density at radius 1 is 1.29 bits per heavy atom. The number of esters is 1. The monoisotopic (exact) mass is 199 g/mol. The Morgan fingerprint density at radius 3 is 2.29 bits per heavy atom. The molecule has 1 aliphatic carbocycles. The highest BCUT2D eigenvalue weighted by molar-refractivity contribution is 6.04. The number of rotatable bonds is 3. The molecule has 4 heteroatoms. The molecule has 2 N–H and O–H groups in total.